The number of hydrogen-bond donors (Lipinski definition) is 0. The zero-order valence-electron chi connectivity index (χ0n) is 28.9. The molecule has 2 heterocycles. The van der Waals surface area contributed by atoms with Crippen molar-refractivity contribution < 1.29 is 0 Å². The summed E-state index contributed by atoms with van der Waals surface area (Å²) in [5.41, 5.74) is 13.2. The minimum Gasteiger partial charge on any atom is -0.309 e. The van der Waals surface area contributed by atoms with Crippen molar-refractivity contribution in [1.82, 2.24) is 14.5 Å². The van der Waals surface area contributed by atoms with Crippen molar-refractivity contribution >= 4 is 32.6 Å². The number of hydrogen-bond acceptors (Lipinski definition) is 2. The van der Waals surface area contributed by atoms with Gasteiger partial charge in [-0.15, -0.1) is 0 Å². The van der Waals surface area contributed by atoms with Crippen molar-refractivity contribution in [3.8, 4) is 61.8 Å². The van der Waals surface area contributed by atoms with Gasteiger partial charge in [-0.3, -0.25) is 0 Å². The Morgan fingerprint density at radius 1 is 0.302 bits per heavy atom. The van der Waals surface area contributed by atoms with E-state index in [1.54, 1.807) is 0 Å². The molecule has 0 radical (unpaired) electrons. The van der Waals surface area contributed by atoms with Crippen LogP contribution in [0, 0.1) is 0 Å². The molecule has 0 aliphatic carbocycles. The standard InChI is InChI=1S/C50H33N3/c1-3-12-36(13-4-1)46-33-47(52-50(51-46)38-14-5-2-6-15-38)37-26-22-34(23-27-37)40-28-24-35-25-29-41(31-42(35)30-40)39-16-11-17-43(32-39)53-48-20-9-7-18-44(48)45-19-8-10-21-49(45)53/h1-33H. The summed E-state index contributed by atoms with van der Waals surface area (Å²) in [6, 6.07) is 71.1. The predicted octanol–water partition coefficient (Wildman–Crippen LogP) is 13.1. The quantitative estimate of drug-likeness (QED) is 0.176. The van der Waals surface area contributed by atoms with Crippen LogP contribution in [-0.2, 0) is 0 Å². The molecule has 3 nitrogen and oxygen atoms in total. The first kappa shape index (κ1) is 30.7. The Labute approximate surface area is 308 Å². The molecule has 0 amide bonds. The van der Waals surface area contributed by atoms with Gasteiger partial charge in [-0.25, -0.2) is 9.97 Å². The first-order valence-electron chi connectivity index (χ1n) is 18.0. The first-order valence-corrected chi connectivity index (χ1v) is 18.0. The fraction of sp³-hybridized carbons (Fsp3) is 0. The summed E-state index contributed by atoms with van der Waals surface area (Å²) >= 11 is 0. The maximum absolute atomic E-state index is 5.02. The molecule has 0 N–H and O–H groups in total. The number of nitrogens with zero attached hydrogens (tertiary/aromatic N) is 3. The van der Waals surface area contributed by atoms with Gasteiger partial charge in [-0.2, -0.15) is 0 Å². The predicted molar refractivity (Wildman–Crippen MR) is 221 cm³/mol. The van der Waals surface area contributed by atoms with E-state index < -0.39 is 0 Å². The summed E-state index contributed by atoms with van der Waals surface area (Å²) in [5, 5.41) is 4.97. The zero-order chi connectivity index (χ0) is 35.1. The highest BCUT2D eigenvalue weighted by Crippen LogP contribution is 2.35. The van der Waals surface area contributed by atoms with Crippen molar-refractivity contribution in [2.75, 3.05) is 0 Å². The maximum Gasteiger partial charge on any atom is 0.160 e. The lowest BCUT2D eigenvalue weighted by atomic mass is 9.96. The average molecular weight is 676 g/mol. The Morgan fingerprint density at radius 2 is 0.774 bits per heavy atom. The van der Waals surface area contributed by atoms with Crippen LogP contribution in [0.15, 0.2) is 200 Å². The van der Waals surface area contributed by atoms with Crippen LogP contribution < -0.4 is 0 Å². The highest BCUT2D eigenvalue weighted by atomic mass is 15.0. The highest BCUT2D eigenvalue weighted by molar-refractivity contribution is 6.09. The van der Waals surface area contributed by atoms with E-state index in [4.69, 9.17) is 9.97 Å². The molecule has 10 aromatic rings. The summed E-state index contributed by atoms with van der Waals surface area (Å²) in [6.07, 6.45) is 0. The van der Waals surface area contributed by atoms with Crippen LogP contribution in [0.5, 0.6) is 0 Å². The van der Waals surface area contributed by atoms with Gasteiger partial charge in [0.15, 0.2) is 5.82 Å². The van der Waals surface area contributed by atoms with E-state index in [9.17, 15) is 0 Å². The Bertz CT molecular complexity index is 2810. The molecule has 0 aliphatic rings. The second-order valence-corrected chi connectivity index (χ2v) is 13.5. The molecule has 10 rings (SSSR count). The van der Waals surface area contributed by atoms with Crippen molar-refractivity contribution in [2.45, 2.75) is 0 Å². The number of para-hydroxylation sites is 2. The molecular weight excluding hydrogens is 643 g/mol. The number of fused-ring (bicyclic) bond motifs is 4. The van der Waals surface area contributed by atoms with E-state index in [0.29, 0.717) is 0 Å². The fourth-order valence-corrected chi connectivity index (χ4v) is 7.53. The molecule has 0 bridgehead atoms. The molecule has 2 aromatic heterocycles. The molecule has 8 aromatic carbocycles. The number of rotatable bonds is 6. The van der Waals surface area contributed by atoms with Crippen LogP contribution in [0.4, 0.5) is 0 Å². The van der Waals surface area contributed by atoms with Crippen molar-refractivity contribution in [3.63, 3.8) is 0 Å². The van der Waals surface area contributed by atoms with E-state index >= 15 is 0 Å². The van der Waals surface area contributed by atoms with Crippen molar-refractivity contribution in [1.29, 1.82) is 0 Å². The summed E-state index contributed by atoms with van der Waals surface area (Å²) in [5.74, 6) is 0.719. The normalized spacial score (nSPS) is 11.4. The summed E-state index contributed by atoms with van der Waals surface area (Å²) in [4.78, 5) is 9.97. The third-order valence-corrected chi connectivity index (χ3v) is 10.2. The van der Waals surface area contributed by atoms with Gasteiger partial charge >= 0.3 is 0 Å². The van der Waals surface area contributed by atoms with E-state index in [-0.39, 0.29) is 0 Å². The molecule has 0 saturated heterocycles. The first-order chi connectivity index (χ1) is 26.2. The van der Waals surface area contributed by atoms with E-state index in [1.807, 2.05) is 36.4 Å². The van der Waals surface area contributed by atoms with Crippen LogP contribution in [0.25, 0.3) is 94.4 Å². The third-order valence-electron chi connectivity index (χ3n) is 10.2. The van der Waals surface area contributed by atoms with Crippen molar-refractivity contribution in [3.05, 3.63) is 200 Å². The van der Waals surface area contributed by atoms with Gasteiger partial charge in [0.05, 0.1) is 22.4 Å². The third kappa shape index (κ3) is 5.65. The van der Waals surface area contributed by atoms with E-state index in [2.05, 4.69) is 168 Å². The molecule has 0 saturated carbocycles. The number of benzene rings is 8. The smallest absolute Gasteiger partial charge is 0.160 e. The van der Waals surface area contributed by atoms with Crippen LogP contribution in [-0.4, -0.2) is 14.5 Å². The lowest BCUT2D eigenvalue weighted by Gasteiger charge is -2.12. The molecule has 53 heavy (non-hydrogen) atoms. The molecule has 0 unspecified atom stereocenters. The van der Waals surface area contributed by atoms with E-state index in [0.717, 1.165) is 45.2 Å². The maximum atomic E-state index is 5.02. The Hall–Kier alpha value is -7.10. The Balaban J connectivity index is 0.992. The van der Waals surface area contributed by atoms with Gasteiger partial charge in [0.2, 0.25) is 0 Å². The van der Waals surface area contributed by atoms with Crippen molar-refractivity contribution in [2.24, 2.45) is 0 Å². The molecule has 248 valence electrons. The zero-order valence-corrected chi connectivity index (χ0v) is 28.9. The monoisotopic (exact) mass is 675 g/mol. The van der Waals surface area contributed by atoms with Crippen LogP contribution in [0.1, 0.15) is 0 Å². The van der Waals surface area contributed by atoms with Gasteiger partial charge in [-0.1, -0.05) is 158 Å². The molecular formula is C50H33N3. The van der Waals surface area contributed by atoms with E-state index in [1.165, 1.54) is 49.3 Å². The fourth-order valence-electron chi connectivity index (χ4n) is 7.53. The average Bonchev–Trinajstić information content (AvgIpc) is 3.58. The summed E-state index contributed by atoms with van der Waals surface area (Å²) < 4.78 is 2.38. The van der Waals surface area contributed by atoms with Gasteiger partial charge in [0, 0.05) is 33.2 Å². The summed E-state index contributed by atoms with van der Waals surface area (Å²) in [6.45, 7) is 0. The highest BCUT2D eigenvalue weighted by Gasteiger charge is 2.14. The molecule has 0 fully saturated rings. The van der Waals surface area contributed by atoms with Gasteiger partial charge in [-0.05, 0) is 75.5 Å². The topological polar surface area (TPSA) is 30.7 Å². The SMILES string of the molecule is c1ccc(-c2cc(-c3ccc(-c4ccc5ccc(-c6cccc(-n7c8ccccc8c8ccccc87)c6)cc5c4)cc3)nc(-c3ccccc3)n2)cc1. The molecule has 0 aliphatic heterocycles. The summed E-state index contributed by atoms with van der Waals surface area (Å²) in [7, 11) is 0. The lowest BCUT2D eigenvalue weighted by molar-refractivity contribution is 1.18. The lowest BCUT2D eigenvalue weighted by Crippen LogP contribution is -1.95. The molecule has 3 heteroatoms. The second-order valence-electron chi connectivity index (χ2n) is 13.5. The van der Waals surface area contributed by atoms with Gasteiger partial charge in [0.25, 0.3) is 0 Å². The van der Waals surface area contributed by atoms with Crippen LogP contribution >= 0.6 is 0 Å². The second kappa shape index (κ2) is 12.9. The Kier molecular flexibility index (Phi) is 7.47. The van der Waals surface area contributed by atoms with Crippen LogP contribution in [0.3, 0.4) is 0 Å². The van der Waals surface area contributed by atoms with Gasteiger partial charge < -0.3 is 4.57 Å². The number of aromatic nitrogens is 3. The molecule has 0 spiro atoms. The molecule has 0 atom stereocenters. The van der Waals surface area contributed by atoms with Gasteiger partial charge in [0.1, 0.15) is 0 Å². The Morgan fingerprint density at radius 3 is 1.42 bits per heavy atom. The minimum atomic E-state index is 0.719. The largest absolute Gasteiger partial charge is 0.309 e. The minimum absolute atomic E-state index is 0.719. The van der Waals surface area contributed by atoms with Crippen LogP contribution in [0.2, 0.25) is 0 Å².